The van der Waals surface area contributed by atoms with Crippen LogP contribution < -0.4 is 10.0 Å². The summed E-state index contributed by atoms with van der Waals surface area (Å²) >= 11 is 6.66. The van der Waals surface area contributed by atoms with Gasteiger partial charge in [0.1, 0.15) is 16.5 Å². The van der Waals surface area contributed by atoms with Crippen molar-refractivity contribution in [1.82, 2.24) is 9.78 Å². The van der Waals surface area contributed by atoms with E-state index >= 15 is 0 Å². The lowest BCUT2D eigenvalue weighted by atomic mass is 10.1. The number of rotatable bonds is 13. The van der Waals surface area contributed by atoms with E-state index in [1.54, 1.807) is 12.1 Å². The number of nitrogens with zero attached hydrogens (tertiary/aromatic N) is 2. The number of nitrogens with one attached hydrogen (secondary N) is 2. The van der Waals surface area contributed by atoms with Crippen molar-refractivity contribution < 1.29 is 8.42 Å². The first kappa shape index (κ1) is 25.6. The summed E-state index contributed by atoms with van der Waals surface area (Å²) in [6, 6.07) is 15.3. The molecule has 2 aromatic carbocycles. The van der Waals surface area contributed by atoms with Crippen LogP contribution in [0.2, 0.25) is 5.02 Å². The normalized spacial score (nSPS) is 12.6. The first-order valence-electron chi connectivity index (χ1n) is 12.7. The van der Waals surface area contributed by atoms with Crippen molar-refractivity contribution in [3.05, 3.63) is 59.1 Å². The van der Waals surface area contributed by atoms with Crippen molar-refractivity contribution in [2.75, 3.05) is 15.8 Å². The highest BCUT2D eigenvalue weighted by Gasteiger charge is 2.23. The highest BCUT2D eigenvalue weighted by molar-refractivity contribution is 7.92. The fourth-order valence-corrected chi connectivity index (χ4v) is 5.96. The first-order valence-corrected chi connectivity index (χ1v) is 14.7. The van der Waals surface area contributed by atoms with Crippen LogP contribution in [0.5, 0.6) is 0 Å². The number of aromatic nitrogens is 2. The van der Waals surface area contributed by atoms with Crippen LogP contribution in [0.1, 0.15) is 70.3 Å². The second-order valence-electron chi connectivity index (χ2n) is 9.23. The van der Waals surface area contributed by atoms with Crippen LogP contribution in [-0.2, 0) is 16.6 Å². The first-order chi connectivity index (χ1) is 17.0. The Bertz CT molecular complexity index is 1220. The average Bonchev–Trinajstić information content (AvgIpc) is 3.20. The number of hydrogen-bond donors (Lipinski definition) is 2. The van der Waals surface area contributed by atoms with Gasteiger partial charge in [0, 0.05) is 17.8 Å². The van der Waals surface area contributed by atoms with Crippen LogP contribution in [0.4, 0.5) is 11.5 Å². The molecule has 6 nitrogen and oxygen atoms in total. The number of unbranched alkanes of at least 4 members (excludes halogenated alkanes) is 8. The van der Waals surface area contributed by atoms with E-state index in [0.29, 0.717) is 29.4 Å². The summed E-state index contributed by atoms with van der Waals surface area (Å²) in [7, 11) is -3.37. The number of sulfonamides is 1. The van der Waals surface area contributed by atoms with Gasteiger partial charge < -0.3 is 5.32 Å². The molecule has 0 saturated heterocycles. The predicted octanol–water partition coefficient (Wildman–Crippen LogP) is 7.39. The van der Waals surface area contributed by atoms with Gasteiger partial charge in [0.05, 0.1) is 11.4 Å². The van der Waals surface area contributed by atoms with Gasteiger partial charge in [-0.2, -0.15) is 5.10 Å². The van der Waals surface area contributed by atoms with Gasteiger partial charge in [0.2, 0.25) is 10.0 Å². The summed E-state index contributed by atoms with van der Waals surface area (Å²) < 4.78 is 29.6. The zero-order valence-corrected chi connectivity index (χ0v) is 22.0. The fourth-order valence-electron chi connectivity index (χ4n) is 4.49. The average molecular weight is 515 g/mol. The molecule has 4 rings (SSSR count). The smallest absolute Gasteiger partial charge is 0.232 e. The Morgan fingerprint density at radius 3 is 2.31 bits per heavy atom. The molecule has 0 fully saturated rings. The summed E-state index contributed by atoms with van der Waals surface area (Å²) in [4.78, 5) is 0. The topological polar surface area (TPSA) is 76.0 Å². The van der Waals surface area contributed by atoms with Gasteiger partial charge in [-0.3, -0.25) is 4.72 Å². The maximum absolute atomic E-state index is 12.5. The second-order valence-corrected chi connectivity index (χ2v) is 11.5. The van der Waals surface area contributed by atoms with Gasteiger partial charge in [0.25, 0.3) is 0 Å². The van der Waals surface area contributed by atoms with Gasteiger partial charge in [-0.15, -0.1) is 0 Å². The molecule has 1 aliphatic rings. The third kappa shape index (κ3) is 6.58. The zero-order chi connectivity index (χ0) is 24.7. The lowest BCUT2D eigenvalue weighted by molar-refractivity contribution is 0.566. The molecule has 1 aliphatic heterocycles. The maximum atomic E-state index is 12.5. The molecule has 0 atom stereocenters. The summed E-state index contributed by atoms with van der Waals surface area (Å²) in [5.74, 6) is 0.918. The molecule has 188 valence electrons. The standard InChI is InChI=1S/C27H35ClN4O2S/c1-2-3-4-5-6-7-8-9-12-19-35(33,34)31-23-17-15-21(16-18-23)26-25(28)27-29-20-22-13-10-11-14-24(22)32(27)30-26/h10-11,13-18,29,31H,2-9,12,19-20H2,1H3. The number of fused-ring (bicyclic) bond motifs is 3. The second kappa shape index (κ2) is 12.0. The minimum Gasteiger partial charge on any atom is -0.365 e. The van der Waals surface area contributed by atoms with Crippen molar-refractivity contribution in [2.24, 2.45) is 0 Å². The number of hydrogen-bond acceptors (Lipinski definition) is 4. The van der Waals surface area contributed by atoms with Crippen molar-refractivity contribution in [3.63, 3.8) is 0 Å². The Labute approximate surface area is 214 Å². The Hall–Kier alpha value is -2.51. The largest absolute Gasteiger partial charge is 0.365 e. The predicted molar refractivity (Wildman–Crippen MR) is 146 cm³/mol. The quantitative estimate of drug-likeness (QED) is 0.233. The lowest BCUT2D eigenvalue weighted by Gasteiger charge is -2.19. The van der Waals surface area contributed by atoms with E-state index in [-0.39, 0.29) is 5.75 Å². The maximum Gasteiger partial charge on any atom is 0.232 e. The van der Waals surface area contributed by atoms with Crippen molar-refractivity contribution in [2.45, 2.75) is 71.3 Å². The molecule has 35 heavy (non-hydrogen) atoms. The molecule has 0 aliphatic carbocycles. The summed E-state index contributed by atoms with van der Waals surface area (Å²) in [6.07, 6.45) is 10.4. The van der Waals surface area contributed by atoms with E-state index < -0.39 is 10.0 Å². The summed E-state index contributed by atoms with van der Waals surface area (Å²) in [6.45, 7) is 2.92. The molecule has 1 aromatic heterocycles. The van der Waals surface area contributed by atoms with Crippen molar-refractivity contribution >= 4 is 33.1 Å². The number of halogens is 1. The fraction of sp³-hybridized carbons (Fsp3) is 0.444. The minimum absolute atomic E-state index is 0.148. The lowest BCUT2D eigenvalue weighted by Crippen LogP contribution is -2.16. The summed E-state index contributed by atoms with van der Waals surface area (Å²) in [5.41, 5.74) is 4.21. The molecule has 0 unspecified atom stereocenters. The number of benzene rings is 2. The number of anilines is 2. The van der Waals surface area contributed by atoms with E-state index in [0.717, 1.165) is 35.5 Å². The van der Waals surface area contributed by atoms with E-state index in [1.807, 2.05) is 35.0 Å². The Morgan fingerprint density at radius 1 is 0.943 bits per heavy atom. The Kier molecular flexibility index (Phi) is 8.74. The Morgan fingerprint density at radius 2 is 1.60 bits per heavy atom. The van der Waals surface area contributed by atoms with Gasteiger partial charge >= 0.3 is 0 Å². The zero-order valence-electron chi connectivity index (χ0n) is 20.4. The third-order valence-electron chi connectivity index (χ3n) is 6.44. The molecule has 0 saturated carbocycles. The van der Waals surface area contributed by atoms with Gasteiger partial charge in [-0.25, -0.2) is 13.1 Å². The van der Waals surface area contributed by atoms with Crippen LogP contribution in [0.3, 0.4) is 0 Å². The molecule has 0 amide bonds. The van der Waals surface area contributed by atoms with Gasteiger partial charge in [0.15, 0.2) is 0 Å². The monoisotopic (exact) mass is 514 g/mol. The van der Waals surface area contributed by atoms with Crippen molar-refractivity contribution in [3.8, 4) is 16.9 Å². The molecule has 8 heteroatoms. The van der Waals surface area contributed by atoms with Crippen LogP contribution >= 0.6 is 11.6 Å². The van der Waals surface area contributed by atoms with Gasteiger partial charge in [-0.1, -0.05) is 100 Å². The third-order valence-corrected chi connectivity index (χ3v) is 8.17. The molecule has 0 bridgehead atoms. The number of para-hydroxylation sites is 1. The van der Waals surface area contributed by atoms with Crippen molar-refractivity contribution in [1.29, 1.82) is 0 Å². The molecular formula is C27H35ClN4O2S. The van der Waals surface area contributed by atoms with E-state index in [2.05, 4.69) is 23.0 Å². The molecule has 2 N–H and O–H groups in total. The summed E-state index contributed by atoms with van der Waals surface area (Å²) in [5, 5.41) is 8.63. The van der Waals surface area contributed by atoms with Crippen LogP contribution in [-0.4, -0.2) is 24.0 Å². The molecule has 3 aromatic rings. The van der Waals surface area contributed by atoms with Crippen LogP contribution in [0.15, 0.2) is 48.5 Å². The van der Waals surface area contributed by atoms with Crippen LogP contribution in [0, 0.1) is 0 Å². The molecule has 0 radical (unpaired) electrons. The van der Waals surface area contributed by atoms with E-state index in [4.69, 9.17) is 16.7 Å². The highest BCUT2D eigenvalue weighted by atomic mass is 35.5. The van der Waals surface area contributed by atoms with Crippen LogP contribution in [0.25, 0.3) is 16.9 Å². The Balaban J connectivity index is 1.31. The van der Waals surface area contributed by atoms with Gasteiger partial charge in [-0.05, 0) is 30.2 Å². The van der Waals surface area contributed by atoms with E-state index in [9.17, 15) is 8.42 Å². The molecular weight excluding hydrogens is 480 g/mol. The highest BCUT2D eigenvalue weighted by Crippen LogP contribution is 2.38. The molecule has 0 spiro atoms. The SMILES string of the molecule is CCCCCCCCCCCS(=O)(=O)Nc1ccc(-c2nn3c(c2Cl)NCc2ccccc2-3)cc1. The van der Waals surface area contributed by atoms with E-state index in [1.165, 1.54) is 38.5 Å². The molecule has 2 heterocycles. The minimum atomic E-state index is -3.37.